The molecule has 0 bridgehead atoms. The number of esters is 2. The Balaban J connectivity index is 1.91. The van der Waals surface area contributed by atoms with E-state index in [1.54, 1.807) is 6.07 Å². The molecule has 0 saturated heterocycles. The van der Waals surface area contributed by atoms with Crippen molar-refractivity contribution in [2.75, 3.05) is 0 Å². The molecule has 0 fully saturated rings. The molecule has 2 aromatic carbocycles. The standard InChI is InChI=1S/C17H14O4/c1-11-7-14-13(9-16(18)21-17(14)19)15(8-11)20-10-12-5-3-2-4-6-12/h2-8H,9-10H2,1H3. The predicted molar refractivity (Wildman–Crippen MR) is 76.1 cm³/mol. The van der Waals surface area contributed by atoms with Crippen molar-refractivity contribution >= 4 is 11.9 Å². The highest BCUT2D eigenvalue weighted by molar-refractivity contribution is 6.03. The number of carbonyl (C=O) groups excluding carboxylic acids is 2. The summed E-state index contributed by atoms with van der Waals surface area (Å²) in [5.41, 5.74) is 2.94. The van der Waals surface area contributed by atoms with E-state index < -0.39 is 11.9 Å². The second-order valence-corrected chi connectivity index (χ2v) is 5.00. The molecule has 0 radical (unpaired) electrons. The summed E-state index contributed by atoms with van der Waals surface area (Å²) in [5, 5.41) is 0. The molecule has 0 saturated carbocycles. The minimum Gasteiger partial charge on any atom is -0.489 e. The molecule has 1 heterocycles. The van der Waals surface area contributed by atoms with Crippen molar-refractivity contribution in [1.29, 1.82) is 0 Å². The van der Waals surface area contributed by atoms with E-state index in [2.05, 4.69) is 4.74 Å². The van der Waals surface area contributed by atoms with Crippen LogP contribution in [-0.4, -0.2) is 11.9 Å². The van der Waals surface area contributed by atoms with Crippen LogP contribution in [0.5, 0.6) is 5.75 Å². The van der Waals surface area contributed by atoms with Gasteiger partial charge in [-0.15, -0.1) is 0 Å². The molecule has 3 rings (SSSR count). The lowest BCUT2D eigenvalue weighted by atomic mass is 9.98. The molecular weight excluding hydrogens is 268 g/mol. The molecule has 0 atom stereocenters. The quantitative estimate of drug-likeness (QED) is 0.641. The van der Waals surface area contributed by atoms with Gasteiger partial charge in [0, 0.05) is 5.56 Å². The zero-order chi connectivity index (χ0) is 14.8. The number of fused-ring (bicyclic) bond motifs is 1. The summed E-state index contributed by atoms with van der Waals surface area (Å²) < 4.78 is 10.5. The van der Waals surface area contributed by atoms with E-state index in [-0.39, 0.29) is 6.42 Å². The Kier molecular flexibility index (Phi) is 3.44. The van der Waals surface area contributed by atoms with Crippen LogP contribution >= 0.6 is 0 Å². The van der Waals surface area contributed by atoms with Crippen molar-refractivity contribution in [3.8, 4) is 5.75 Å². The van der Waals surface area contributed by atoms with Crippen LogP contribution in [0.1, 0.15) is 27.0 Å². The lowest BCUT2D eigenvalue weighted by Crippen LogP contribution is -2.23. The van der Waals surface area contributed by atoms with Crippen molar-refractivity contribution in [3.05, 3.63) is 64.7 Å². The topological polar surface area (TPSA) is 52.6 Å². The molecule has 2 aromatic rings. The molecule has 0 aliphatic carbocycles. The summed E-state index contributed by atoms with van der Waals surface area (Å²) in [6, 6.07) is 13.3. The highest BCUT2D eigenvalue weighted by Crippen LogP contribution is 2.29. The zero-order valence-corrected chi connectivity index (χ0v) is 11.6. The van der Waals surface area contributed by atoms with E-state index in [0.29, 0.717) is 23.5 Å². The number of rotatable bonds is 3. The van der Waals surface area contributed by atoms with E-state index in [1.807, 2.05) is 43.3 Å². The van der Waals surface area contributed by atoms with Gasteiger partial charge in [0.25, 0.3) is 0 Å². The first-order valence-corrected chi connectivity index (χ1v) is 6.69. The highest BCUT2D eigenvalue weighted by atomic mass is 16.6. The van der Waals surface area contributed by atoms with Gasteiger partial charge >= 0.3 is 11.9 Å². The van der Waals surface area contributed by atoms with Gasteiger partial charge in [0.2, 0.25) is 0 Å². The van der Waals surface area contributed by atoms with Gasteiger partial charge in [-0.2, -0.15) is 0 Å². The number of aryl methyl sites for hydroxylation is 1. The maximum Gasteiger partial charge on any atom is 0.346 e. The van der Waals surface area contributed by atoms with E-state index >= 15 is 0 Å². The van der Waals surface area contributed by atoms with E-state index in [9.17, 15) is 9.59 Å². The van der Waals surface area contributed by atoms with Crippen LogP contribution in [0.3, 0.4) is 0 Å². The number of carbonyl (C=O) groups is 2. The van der Waals surface area contributed by atoms with Crippen molar-refractivity contribution in [2.45, 2.75) is 20.0 Å². The first-order valence-electron chi connectivity index (χ1n) is 6.69. The molecule has 1 aliphatic rings. The molecule has 21 heavy (non-hydrogen) atoms. The van der Waals surface area contributed by atoms with Crippen molar-refractivity contribution < 1.29 is 19.1 Å². The van der Waals surface area contributed by atoms with E-state index in [0.717, 1.165) is 11.1 Å². The second-order valence-electron chi connectivity index (χ2n) is 5.00. The van der Waals surface area contributed by atoms with Gasteiger partial charge in [0.1, 0.15) is 12.4 Å². The Hall–Kier alpha value is -2.62. The Bertz CT molecular complexity index is 704. The summed E-state index contributed by atoms with van der Waals surface area (Å²) in [4.78, 5) is 23.2. The molecule has 4 nitrogen and oxygen atoms in total. The fraction of sp³-hybridized carbons (Fsp3) is 0.176. The molecule has 0 N–H and O–H groups in total. The first-order chi connectivity index (χ1) is 10.1. The Morgan fingerprint density at radius 1 is 1.14 bits per heavy atom. The lowest BCUT2D eigenvalue weighted by Gasteiger charge is -2.19. The molecule has 0 unspecified atom stereocenters. The number of cyclic esters (lactones) is 2. The molecule has 0 amide bonds. The summed E-state index contributed by atoms with van der Waals surface area (Å²) >= 11 is 0. The third kappa shape index (κ3) is 2.79. The Labute approximate surface area is 122 Å². The highest BCUT2D eigenvalue weighted by Gasteiger charge is 2.28. The van der Waals surface area contributed by atoms with E-state index in [1.165, 1.54) is 0 Å². The van der Waals surface area contributed by atoms with Crippen molar-refractivity contribution in [1.82, 2.24) is 0 Å². The van der Waals surface area contributed by atoms with Crippen LogP contribution in [0.15, 0.2) is 42.5 Å². The maximum absolute atomic E-state index is 11.8. The van der Waals surface area contributed by atoms with Gasteiger partial charge in [0.15, 0.2) is 0 Å². The molecule has 0 spiro atoms. The Morgan fingerprint density at radius 3 is 2.67 bits per heavy atom. The van der Waals surface area contributed by atoms with Gasteiger partial charge in [0.05, 0.1) is 12.0 Å². The summed E-state index contributed by atoms with van der Waals surface area (Å²) in [5.74, 6) is -0.575. The monoisotopic (exact) mass is 282 g/mol. The van der Waals surface area contributed by atoms with Gasteiger partial charge in [-0.1, -0.05) is 30.3 Å². The number of ether oxygens (including phenoxy) is 2. The van der Waals surface area contributed by atoms with Crippen LogP contribution in [0, 0.1) is 6.92 Å². The SMILES string of the molecule is Cc1cc(OCc2ccccc2)c2c(c1)C(=O)OC(=O)C2. The van der Waals surface area contributed by atoms with Gasteiger partial charge in [-0.05, 0) is 30.2 Å². The van der Waals surface area contributed by atoms with Crippen LogP contribution < -0.4 is 4.74 Å². The normalized spacial score (nSPS) is 13.6. The predicted octanol–water partition coefficient (Wildman–Crippen LogP) is 2.81. The van der Waals surface area contributed by atoms with Crippen LogP contribution in [0.2, 0.25) is 0 Å². The largest absolute Gasteiger partial charge is 0.489 e. The fourth-order valence-corrected chi connectivity index (χ4v) is 2.35. The van der Waals surface area contributed by atoms with Crippen LogP contribution in [-0.2, 0) is 22.6 Å². The summed E-state index contributed by atoms with van der Waals surface area (Å²) in [6.07, 6.45) is 0.0610. The molecule has 1 aliphatic heterocycles. The van der Waals surface area contributed by atoms with Gasteiger partial charge in [-0.25, -0.2) is 4.79 Å². The molecular formula is C17H14O4. The average molecular weight is 282 g/mol. The first kappa shape index (κ1) is 13.4. The van der Waals surface area contributed by atoms with Crippen molar-refractivity contribution in [2.24, 2.45) is 0 Å². The number of hydrogen-bond donors (Lipinski definition) is 0. The maximum atomic E-state index is 11.8. The summed E-state index contributed by atoms with van der Waals surface area (Å²) in [7, 11) is 0. The molecule has 106 valence electrons. The van der Waals surface area contributed by atoms with Gasteiger partial charge in [-0.3, -0.25) is 4.79 Å². The number of hydrogen-bond acceptors (Lipinski definition) is 4. The van der Waals surface area contributed by atoms with Crippen LogP contribution in [0.4, 0.5) is 0 Å². The third-order valence-corrected chi connectivity index (χ3v) is 3.34. The average Bonchev–Trinajstić information content (AvgIpc) is 2.47. The number of benzene rings is 2. The molecule has 0 aromatic heterocycles. The zero-order valence-electron chi connectivity index (χ0n) is 11.6. The minimum absolute atomic E-state index is 0.0610. The second kappa shape index (κ2) is 5.40. The summed E-state index contributed by atoms with van der Waals surface area (Å²) in [6.45, 7) is 2.26. The molecule has 4 heteroatoms. The smallest absolute Gasteiger partial charge is 0.346 e. The lowest BCUT2D eigenvalue weighted by molar-refractivity contribution is -0.137. The minimum atomic E-state index is -0.602. The van der Waals surface area contributed by atoms with Gasteiger partial charge < -0.3 is 9.47 Å². The fourth-order valence-electron chi connectivity index (χ4n) is 2.35. The van der Waals surface area contributed by atoms with Crippen LogP contribution in [0.25, 0.3) is 0 Å². The van der Waals surface area contributed by atoms with Crippen molar-refractivity contribution in [3.63, 3.8) is 0 Å². The third-order valence-electron chi connectivity index (χ3n) is 3.34. The Morgan fingerprint density at radius 2 is 1.90 bits per heavy atom. The van der Waals surface area contributed by atoms with E-state index in [4.69, 9.17) is 4.74 Å².